The van der Waals surface area contributed by atoms with Gasteiger partial charge in [0.1, 0.15) is 12.4 Å². The summed E-state index contributed by atoms with van der Waals surface area (Å²) in [5, 5.41) is 0. The number of ether oxygens (including phenoxy) is 1. The molecule has 2 aromatic carbocycles. The van der Waals surface area contributed by atoms with E-state index in [4.69, 9.17) is 4.74 Å². The number of amides is 1. The fraction of sp³-hybridized carbons (Fsp3) is 0.435. The third-order valence-corrected chi connectivity index (χ3v) is 7.58. The van der Waals surface area contributed by atoms with Gasteiger partial charge in [-0.05, 0) is 56.5 Å². The van der Waals surface area contributed by atoms with Gasteiger partial charge < -0.3 is 9.64 Å². The number of hydrogen-bond acceptors (Lipinski definition) is 4. The van der Waals surface area contributed by atoms with E-state index in [9.17, 15) is 13.2 Å². The van der Waals surface area contributed by atoms with Crippen molar-refractivity contribution in [3.63, 3.8) is 0 Å². The Hall–Kier alpha value is -2.38. The number of hydrogen-bond donors (Lipinski definition) is 0. The van der Waals surface area contributed by atoms with Crippen molar-refractivity contribution in [2.24, 2.45) is 0 Å². The lowest BCUT2D eigenvalue weighted by molar-refractivity contribution is 0.0773. The van der Waals surface area contributed by atoms with E-state index in [1.807, 2.05) is 44.2 Å². The first-order valence-electron chi connectivity index (χ1n) is 10.4. The standard InChI is InChI=1S/C23H30N2O4S/c1-18-12-13-21(30(27,28)25-14-8-7-9-19(25)2)17-22(18)23(26)24(3)15-16-29-20-10-5-4-6-11-20/h4-6,10-13,17,19H,7-9,14-16H2,1-3H3. The van der Waals surface area contributed by atoms with E-state index in [1.54, 1.807) is 28.4 Å². The molecule has 1 aliphatic rings. The van der Waals surface area contributed by atoms with Crippen LogP contribution in [0.5, 0.6) is 5.75 Å². The highest BCUT2D eigenvalue weighted by molar-refractivity contribution is 7.89. The van der Waals surface area contributed by atoms with Crippen LogP contribution in [0.4, 0.5) is 0 Å². The van der Waals surface area contributed by atoms with E-state index in [2.05, 4.69) is 0 Å². The second-order valence-corrected chi connectivity index (χ2v) is 9.72. The van der Waals surface area contributed by atoms with Crippen LogP contribution in [-0.2, 0) is 10.0 Å². The SMILES string of the molecule is Cc1ccc(S(=O)(=O)N2CCCCC2C)cc1C(=O)N(C)CCOc1ccccc1. The van der Waals surface area contributed by atoms with Crippen molar-refractivity contribution in [1.82, 2.24) is 9.21 Å². The van der Waals surface area contributed by atoms with Gasteiger partial charge in [0.25, 0.3) is 5.91 Å². The van der Waals surface area contributed by atoms with Gasteiger partial charge in [-0.25, -0.2) is 8.42 Å². The molecule has 2 aromatic rings. The summed E-state index contributed by atoms with van der Waals surface area (Å²) in [7, 11) is -1.93. The Balaban J connectivity index is 1.73. The van der Waals surface area contributed by atoms with Crippen LogP contribution in [-0.4, -0.2) is 56.3 Å². The molecule has 0 saturated carbocycles. The number of carbonyl (C=O) groups is 1. The molecule has 1 amide bonds. The van der Waals surface area contributed by atoms with E-state index in [-0.39, 0.29) is 16.8 Å². The third kappa shape index (κ3) is 5.02. The molecule has 6 nitrogen and oxygen atoms in total. The molecular formula is C23H30N2O4S. The van der Waals surface area contributed by atoms with Crippen LogP contribution in [0, 0.1) is 6.92 Å². The number of benzene rings is 2. The van der Waals surface area contributed by atoms with Gasteiger partial charge in [0.2, 0.25) is 10.0 Å². The molecule has 3 rings (SSSR count). The zero-order valence-corrected chi connectivity index (χ0v) is 18.7. The number of carbonyl (C=O) groups excluding carboxylic acids is 1. The topological polar surface area (TPSA) is 66.9 Å². The van der Waals surface area contributed by atoms with Gasteiger partial charge in [0, 0.05) is 25.2 Å². The lowest BCUT2D eigenvalue weighted by Gasteiger charge is -2.32. The molecule has 162 valence electrons. The van der Waals surface area contributed by atoms with Crippen LogP contribution in [0.2, 0.25) is 0 Å². The van der Waals surface area contributed by atoms with Crippen molar-refractivity contribution in [2.75, 3.05) is 26.7 Å². The van der Waals surface area contributed by atoms with Crippen LogP contribution in [0.25, 0.3) is 0 Å². The number of aryl methyl sites for hydroxylation is 1. The average molecular weight is 431 g/mol. The molecule has 0 bridgehead atoms. The van der Waals surface area contributed by atoms with Crippen molar-refractivity contribution >= 4 is 15.9 Å². The molecule has 1 atom stereocenters. The van der Waals surface area contributed by atoms with E-state index >= 15 is 0 Å². The zero-order chi connectivity index (χ0) is 21.7. The Kier molecular flexibility index (Phi) is 7.15. The van der Waals surface area contributed by atoms with Gasteiger partial charge >= 0.3 is 0 Å². The Bertz CT molecular complexity index is 976. The summed E-state index contributed by atoms with van der Waals surface area (Å²) < 4.78 is 33.6. The molecule has 1 saturated heterocycles. The maximum absolute atomic E-state index is 13.2. The van der Waals surface area contributed by atoms with Crippen molar-refractivity contribution < 1.29 is 17.9 Å². The molecule has 0 spiro atoms. The largest absolute Gasteiger partial charge is 0.492 e. The summed E-state index contributed by atoms with van der Waals surface area (Å²) in [6, 6.07) is 14.2. The number of sulfonamides is 1. The highest BCUT2D eigenvalue weighted by Gasteiger charge is 2.31. The van der Waals surface area contributed by atoms with Crippen LogP contribution in [0.15, 0.2) is 53.4 Å². The Morgan fingerprint density at radius 3 is 2.60 bits per heavy atom. The highest BCUT2D eigenvalue weighted by atomic mass is 32.2. The van der Waals surface area contributed by atoms with Crippen LogP contribution in [0.1, 0.15) is 42.1 Å². The molecule has 7 heteroatoms. The number of likely N-dealkylation sites (N-methyl/N-ethyl adjacent to an activating group) is 1. The summed E-state index contributed by atoms with van der Waals surface area (Å²) in [6.45, 7) is 5.04. The van der Waals surface area contributed by atoms with Gasteiger partial charge in [-0.15, -0.1) is 0 Å². The van der Waals surface area contributed by atoms with Gasteiger partial charge in [-0.1, -0.05) is 30.7 Å². The van der Waals surface area contributed by atoms with E-state index in [1.165, 1.54) is 6.07 Å². The summed E-state index contributed by atoms with van der Waals surface area (Å²) in [6.07, 6.45) is 2.77. The smallest absolute Gasteiger partial charge is 0.254 e. The molecule has 0 aromatic heterocycles. The first-order chi connectivity index (χ1) is 14.3. The fourth-order valence-corrected chi connectivity index (χ4v) is 5.41. The molecule has 0 N–H and O–H groups in total. The van der Waals surface area contributed by atoms with Gasteiger partial charge in [0.15, 0.2) is 0 Å². The van der Waals surface area contributed by atoms with E-state index in [0.29, 0.717) is 25.3 Å². The average Bonchev–Trinajstić information content (AvgIpc) is 2.74. The second kappa shape index (κ2) is 9.62. The molecular weight excluding hydrogens is 400 g/mol. The molecule has 0 aliphatic carbocycles. The van der Waals surface area contributed by atoms with Crippen molar-refractivity contribution in [3.05, 3.63) is 59.7 Å². The predicted octanol–water partition coefficient (Wildman–Crippen LogP) is 3.71. The van der Waals surface area contributed by atoms with Gasteiger partial charge in [-0.2, -0.15) is 4.31 Å². The molecule has 1 fully saturated rings. The minimum absolute atomic E-state index is 0.0259. The molecule has 1 heterocycles. The summed E-state index contributed by atoms with van der Waals surface area (Å²) in [4.78, 5) is 14.7. The van der Waals surface area contributed by atoms with Crippen molar-refractivity contribution in [2.45, 2.75) is 44.0 Å². The Morgan fingerprint density at radius 1 is 1.17 bits per heavy atom. The van der Waals surface area contributed by atoms with Crippen LogP contribution >= 0.6 is 0 Å². The number of para-hydroxylation sites is 1. The van der Waals surface area contributed by atoms with Crippen molar-refractivity contribution in [3.8, 4) is 5.75 Å². The fourth-order valence-electron chi connectivity index (χ4n) is 3.68. The second-order valence-electron chi connectivity index (χ2n) is 7.83. The maximum atomic E-state index is 13.2. The first-order valence-corrected chi connectivity index (χ1v) is 11.8. The van der Waals surface area contributed by atoms with Gasteiger partial charge in [0.05, 0.1) is 11.4 Å². The minimum atomic E-state index is -3.62. The normalized spacial score (nSPS) is 17.5. The van der Waals surface area contributed by atoms with E-state index in [0.717, 1.165) is 30.6 Å². The molecule has 0 radical (unpaired) electrons. The summed E-state index contributed by atoms with van der Waals surface area (Å²) >= 11 is 0. The van der Waals surface area contributed by atoms with Crippen LogP contribution in [0.3, 0.4) is 0 Å². The highest BCUT2D eigenvalue weighted by Crippen LogP contribution is 2.26. The summed E-state index contributed by atoms with van der Waals surface area (Å²) in [5.74, 6) is 0.533. The zero-order valence-electron chi connectivity index (χ0n) is 17.9. The van der Waals surface area contributed by atoms with E-state index < -0.39 is 10.0 Å². The lowest BCUT2D eigenvalue weighted by Crippen LogP contribution is -2.42. The number of piperidine rings is 1. The number of rotatable bonds is 7. The minimum Gasteiger partial charge on any atom is -0.492 e. The Morgan fingerprint density at radius 2 is 1.90 bits per heavy atom. The maximum Gasteiger partial charge on any atom is 0.254 e. The molecule has 1 unspecified atom stereocenters. The molecule has 1 aliphatic heterocycles. The van der Waals surface area contributed by atoms with Crippen LogP contribution < -0.4 is 4.74 Å². The van der Waals surface area contributed by atoms with Gasteiger partial charge in [-0.3, -0.25) is 4.79 Å². The molecule has 30 heavy (non-hydrogen) atoms. The monoisotopic (exact) mass is 430 g/mol. The predicted molar refractivity (Wildman–Crippen MR) is 117 cm³/mol. The Labute approximate surface area is 179 Å². The lowest BCUT2D eigenvalue weighted by atomic mass is 10.1. The third-order valence-electron chi connectivity index (χ3n) is 5.57. The van der Waals surface area contributed by atoms with Crippen molar-refractivity contribution in [1.29, 1.82) is 0 Å². The summed E-state index contributed by atoms with van der Waals surface area (Å²) in [5.41, 5.74) is 1.16. The number of nitrogens with zero attached hydrogens (tertiary/aromatic N) is 2. The first kappa shape index (κ1) is 22.3. The quantitative estimate of drug-likeness (QED) is 0.672.